The van der Waals surface area contributed by atoms with Crippen LogP contribution < -0.4 is 10.1 Å². The van der Waals surface area contributed by atoms with Gasteiger partial charge < -0.3 is 15.2 Å². The summed E-state index contributed by atoms with van der Waals surface area (Å²) in [6.07, 6.45) is 7.71. The summed E-state index contributed by atoms with van der Waals surface area (Å²) in [7, 11) is 0. The van der Waals surface area contributed by atoms with E-state index in [1.165, 1.54) is 32.1 Å². The lowest BCUT2D eigenvalue weighted by Crippen LogP contribution is -2.10. The average Bonchev–Trinajstić information content (AvgIpc) is 3.07. The summed E-state index contributed by atoms with van der Waals surface area (Å²) in [5.41, 5.74) is 1.13. The van der Waals surface area contributed by atoms with Gasteiger partial charge in [-0.2, -0.15) is 4.98 Å². The lowest BCUT2D eigenvalue weighted by molar-refractivity contribution is 0.201. The molecule has 1 aromatic heterocycles. The van der Waals surface area contributed by atoms with Gasteiger partial charge in [-0.15, -0.1) is 17.5 Å². The van der Waals surface area contributed by atoms with Crippen LogP contribution in [-0.4, -0.2) is 33.5 Å². The van der Waals surface area contributed by atoms with Crippen molar-refractivity contribution in [3.05, 3.63) is 35.7 Å². The molecule has 0 unspecified atom stereocenters. The fourth-order valence-electron chi connectivity index (χ4n) is 3.18. The highest BCUT2D eigenvalue weighted by Crippen LogP contribution is 2.26. The Balaban J connectivity index is 0.00000225. The van der Waals surface area contributed by atoms with Gasteiger partial charge in [0.15, 0.2) is 0 Å². The third kappa shape index (κ3) is 6.21. The summed E-state index contributed by atoms with van der Waals surface area (Å²) in [6.45, 7) is 1.01. The Morgan fingerprint density at radius 1 is 1.16 bits per heavy atom. The highest BCUT2D eigenvalue weighted by Gasteiger charge is 2.15. The first-order valence-electron chi connectivity index (χ1n) is 8.81. The molecule has 0 bridgehead atoms. The number of benzene rings is 1. The molecule has 138 valence electrons. The second-order valence-corrected chi connectivity index (χ2v) is 6.38. The summed E-state index contributed by atoms with van der Waals surface area (Å²) in [4.78, 5) is 4.55. The van der Waals surface area contributed by atoms with Crippen molar-refractivity contribution in [2.75, 3.05) is 18.5 Å². The first-order chi connectivity index (χ1) is 11.8. The fourth-order valence-corrected chi connectivity index (χ4v) is 3.18. The lowest BCUT2D eigenvalue weighted by atomic mass is 9.87. The van der Waals surface area contributed by atoms with Gasteiger partial charge in [0.1, 0.15) is 18.2 Å². The summed E-state index contributed by atoms with van der Waals surface area (Å²) in [5, 5.41) is 19.3. The highest BCUT2D eigenvalue weighted by molar-refractivity contribution is 5.85. The minimum absolute atomic E-state index is 0. The second-order valence-electron chi connectivity index (χ2n) is 6.38. The molecule has 1 aliphatic carbocycles. The number of hydrogen-bond donors (Lipinski definition) is 3. The number of aliphatic hydroxyl groups is 1. The summed E-state index contributed by atoms with van der Waals surface area (Å²) < 4.78 is 5.35. The van der Waals surface area contributed by atoms with Crippen molar-refractivity contribution in [3.8, 4) is 5.75 Å². The third-order valence-electron chi connectivity index (χ3n) is 4.47. The number of aliphatic hydroxyl groups excluding tert-OH is 1. The van der Waals surface area contributed by atoms with Gasteiger partial charge >= 0.3 is 0 Å². The number of aromatic amines is 1. The molecule has 1 saturated carbocycles. The SMILES string of the molecule is Cl.OCCOc1ccc(CNc2n[nH]c(CC3CCCCC3)n2)cc1. The zero-order chi connectivity index (χ0) is 16.6. The largest absolute Gasteiger partial charge is 0.491 e. The number of halogens is 1. The molecular formula is C18H27ClN4O2. The molecule has 25 heavy (non-hydrogen) atoms. The first-order valence-corrected chi connectivity index (χ1v) is 8.81. The van der Waals surface area contributed by atoms with Crippen LogP contribution in [0, 0.1) is 5.92 Å². The Hall–Kier alpha value is -1.79. The molecule has 2 aromatic rings. The van der Waals surface area contributed by atoms with Crippen molar-refractivity contribution >= 4 is 18.4 Å². The zero-order valence-corrected chi connectivity index (χ0v) is 15.2. The minimum Gasteiger partial charge on any atom is -0.491 e. The minimum atomic E-state index is 0. The molecule has 3 rings (SSSR count). The van der Waals surface area contributed by atoms with Gasteiger partial charge in [-0.25, -0.2) is 0 Å². The molecule has 0 atom stereocenters. The lowest BCUT2D eigenvalue weighted by Gasteiger charge is -2.19. The van der Waals surface area contributed by atoms with Crippen molar-refractivity contribution in [1.29, 1.82) is 0 Å². The number of anilines is 1. The van der Waals surface area contributed by atoms with Gasteiger partial charge in [0.25, 0.3) is 0 Å². The number of H-pyrrole nitrogens is 1. The van der Waals surface area contributed by atoms with Crippen LogP contribution in [0.15, 0.2) is 24.3 Å². The zero-order valence-electron chi connectivity index (χ0n) is 14.4. The van der Waals surface area contributed by atoms with E-state index in [2.05, 4.69) is 20.5 Å². The van der Waals surface area contributed by atoms with E-state index < -0.39 is 0 Å². The molecular weight excluding hydrogens is 340 g/mol. The van der Waals surface area contributed by atoms with Crippen LogP contribution >= 0.6 is 12.4 Å². The molecule has 1 fully saturated rings. The molecule has 3 N–H and O–H groups in total. The number of nitrogens with one attached hydrogen (secondary N) is 2. The van der Waals surface area contributed by atoms with Crippen molar-refractivity contribution in [2.24, 2.45) is 5.92 Å². The van der Waals surface area contributed by atoms with Gasteiger partial charge in [-0.05, 0) is 23.6 Å². The van der Waals surface area contributed by atoms with Gasteiger partial charge in [0.2, 0.25) is 5.95 Å². The molecule has 1 aliphatic rings. The first kappa shape index (κ1) is 19.5. The van der Waals surface area contributed by atoms with Gasteiger partial charge in [0, 0.05) is 13.0 Å². The van der Waals surface area contributed by atoms with Crippen LogP contribution in [0.4, 0.5) is 5.95 Å². The maximum Gasteiger partial charge on any atom is 0.242 e. The van der Waals surface area contributed by atoms with E-state index in [1.54, 1.807) is 0 Å². The Morgan fingerprint density at radius 2 is 1.92 bits per heavy atom. The fraction of sp³-hybridized carbons (Fsp3) is 0.556. The van der Waals surface area contributed by atoms with Crippen LogP contribution in [0.2, 0.25) is 0 Å². The van der Waals surface area contributed by atoms with E-state index in [-0.39, 0.29) is 19.0 Å². The normalized spacial score (nSPS) is 14.8. The summed E-state index contributed by atoms with van der Waals surface area (Å²) in [5.74, 6) is 3.16. The second kappa shape index (κ2) is 10.3. The van der Waals surface area contributed by atoms with E-state index in [1.807, 2.05) is 24.3 Å². The number of aromatic nitrogens is 3. The van der Waals surface area contributed by atoms with Gasteiger partial charge in [-0.1, -0.05) is 44.2 Å². The predicted molar refractivity (Wildman–Crippen MR) is 100 cm³/mol. The van der Waals surface area contributed by atoms with E-state index in [9.17, 15) is 0 Å². The molecule has 0 aliphatic heterocycles. The summed E-state index contributed by atoms with van der Waals surface area (Å²) in [6, 6.07) is 7.79. The molecule has 1 aromatic carbocycles. The molecule has 0 radical (unpaired) electrons. The average molecular weight is 367 g/mol. The monoisotopic (exact) mass is 366 g/mol. The number of ether oxygens (including phenoxy) is 1. The van der Waals surface area contributed by atoms with Gasteiger partial charge in [0.05, 0.1) is 6.61 Å². The van der Waals surface area contributed by atoms with E-state index in [4.69, 9.17) is 9.84 Å². The van der Waals surface area contributed by atoms with Crippen LogP contribution in [0.1, 0.15) is 43.5 Å². The third-order valence-corrected chi connectivity index (χ3v) is 4.47. The van der Waals surface area contributed by atoms with Crippen LogP contribution in [0.5, 0.6) is 5.75 Å². The smallest absolute Gasteiger partial charge is 0.242 e. The maximum absolute atomic E-state index is 8.75. The molecule has 0 saturated heterocycles. The molecule has 1 heterocycles. The molecule has 7 heteroatoms. The maximum atomic E-state index is 8.75. The number of nitrogens with zero attached hydrogens (tertiary/aromatic N) is 2. The predicted octanol–water partition coefficient (Wildman–Crippen LogP) is 3.33. The number of rotatable bonds is 8. The topological polar surface area (TPSA) is 83.1 Å². The summed E-state index contributed by atoms with van der Waals surface area (Å²) >= 11 is 0. The van der Waals surface area contributed by atoms with Crippen LogP contribution in [0.3, 0.4) is 0 Å². The van der Waals surface area contributed by atoms with Gasteiger partial charge in [-0.3, -0.25) is 5.10 Å². The Kier molecular flexibility index (Phi) is 8.01. The molecule has 6 nitrogen and oxygen atoms in total. The standard InChI is InChI=1S/C18H26N4O2.ClH/c23-10-11-24-16-8-6-15(7-9-16)13-19-18-20-17(21-22-18)12-14-4-2-1-3-5-14;/h6-9,14,23H,1-5,10-13H2,(H2,19,20,21,22);1H. The van der Waals surface area contributed by atoms with Crippen LogP contribution in [0.25, 0.3) is 0 Å². The quantitative estimate of drug-likeness (QED) is 0.667. The van der Waals surface area contributed by atoms with E-state index in [0.717, 1.165) is 29.5 Å². The molecule has 0 amide bonds. The Bertz CT molecular complexity index is 612. The van der Waals surface area contributed by atoms with Crippen molar-refractivity contribution in [1.82, 2.24) is 15.2 Å². The Labute approximate surface area is 154 Å². The van der Waals surface area contributed by atoms with Crippen molar-refractivity contribution in [3.63, 3.8) is 0 Å². The highest BCUT2D eigenvalue weighted by atomic mass is 35.5. The van der Waals surface area contributed by atoms with Crippen molar-refractivity contribution in [2.45, 2.75) is 45.1 Å². The van der Waals surface area contributed by atoms with E-state index >= 15 is 0 Å². The van der Waals surface area contributed by atoms with Crippen LogP contribution in [-0.2, 0) is 13.0 Å². The number of hydrogen-bond acceptors (Lipinski definition) is 5. The van der Waals surface area contributed by atoms with E-state index in [0.29, 0.717) is 19.1 Å². The van der Waals surface area contributed by atoms with Crippen molar-refractivity contribution < 1.29 is 9.84 Å². The Morgan fingerprint density at radius 3 is 2.64 bits per heavy atom. The molecule has 0 spiro atoms.